The molecular weight excluding hydrogens is 386 g/mol. The maximum atomic E-state index is 13.6. The Labute approximate surface area is 177 Å². The quantitative estimate of drug-likeness (QED) is 0.588. The number of thioether (sulfide) groups is 1. The third kappa shape index (κ3) is 6.05. The number of amides is 1. The summed E-state index contributed by atoms with van der Waals surface area (Å²) in [5, 5.41) is -0.192. The lowest BCUT2D eigenvalue weighted by Crippen LogP contribution is -2.48. The van der Waals surface area contributed by atoms with Gasteiger partial charge in [-0.05, 0) is 58.4 Å². The van der Waals surface area contributed by atoms with E-state index in [1.807, 2.05) is 31.3 Å². The summed E-state index contributed by atoms with van der Waals surface area (Å²) in [6.45, 7) is 13.2. The van der Waals surface area contributed by atoms with E-state index in [2.05, 4.69) is 56.7 Å². The first-order chi connectivity index (χ1) is 13.0. The van der Waals surface area contributed by atoms with Gasteiger partial charge in [0.2, 0.25) is 5.91 Å². The molecule has 1 aromatic rings. The Morgan fingerprint density at radius 3 is 2.54 bits per heavy atom. The van der Waals surface area contributed by atoms with Gasteiger partial charge >= 0.3 is 0 Å². The molecule has 2 heterocycles. The second kappa shape index (κ2) is 9.74. The van der Waals surface area contributed by atoms with Gasteiger partial charge in [-0.3, -0.25) is 14.7 Å². The van der Waals surface area contributed by atoms with E-state index in [0.717, 1.165) is 18.4 Å². The Morgan fingerprint density at radius 1 is 1.36 bits per heavy atom. The number of nitrogens with zero attached hydrogens (tertiary/aromatic N) is 3. The number of hydrogen-bond donors (Lipinski definition) is 0. The molecule has 1 saturated heterocycles. The summed E-state index contributed by atoms with van der Waals surface area (Å²) in [6, 6.07) is 4.01. The van der Waals surface area contributed by atoms with Gasteiger partial charge in [0.25, 0.3) is 0 Å². The average Bonchev–Trinajstić information content (AvgIpc) is 2.94. The fourth-order valence-corrected chi connectivity index (χ4v) is 6.08. The van der Waals surface area contributed by atoms with E-state index in [1.54, 1.807) is 18.0 Å². The molecule has 1 amide bonds. The molecule has 158 valence electrons. The number of rotatable bonds is 8. The van der Waals surface area contributed by atoms with Gasteiger partial charge in [-0.25, -0.2) is 0 Å². The zero-order valence-corrected chi connectivity index (χ0v) is 20.6. The molecule has 4 atom stereocenters. The van der Waals surface area contributed by atoms with Crippen molar-refractivity contribution in [3.05, 3.63) is 30.1 Å². The number of carbonyl (C=O) groups is 1. The minimum atomic E-state index is -1.26. The van der Waals surface area contributed by atoms with Crippen molar-refractivity contribution in [2.45, 2.75) is 76.5 Å². The van der Waals surface area contributed by atoms with Crippen LogP contribution in [0.4, 0.5) is 0 Å². The van der Waals surface area contributed by atoms with Crippen molar-refractivity contribution in [2.75, 3.05) is 14.1 Å². The summed E-state index contributed by atoms with van der Waals surface area (Å²) in [7, 11) is 2.77. The monoisotopic (exact) mass is 423 g/mol. The predicted molar refractivity (Wildman–Crippen MR) is 121 cm³/mol. The molecule has 4 unspecified atom stereocenters. The van der Waals surface area contributed by atoms with Crippen LogP contribution < -0.4 is 0 Å². The maximum absolute atomic E-state index is 13.6. The van der Waals surface area contributed by atoms with Crippen LogP contribution in [0.25, 0.3) is 0 Å². The Hall–Kier alpha value is -0.893. The molecule has 0 radical (unpaired) electrons. The highest BCUT2D eigenvalue weighted by Crippen LogP contribution is 2.47. The highest BCUT2D eigenvalue weighted by Gasteiger charge is 2.47. The fourth-order valence-electron chi connectivity index (χ4n) is 3.38. The van der Waals surface area contributed by atoms with E-state index in [4.69, 9.17) is 4.43 Å². The standard InChI is InChI=1S/C21H37N3O2SSi/c1-15(23(5)6)24-19(25)18(27-20(24)16-10-9-13-22-14-16)17(26-28(7)8)11-12-21(2,3)4/h9-10,13-15,17-18,20,28H,11-12H2,1-8H3. The largest absolute Gasteiger partial charge is 0.416 e. The fraction of sp³-hybridized carbons (Fsp3) is 0.714. The van der Waals surface area contributed by atoms with E-state index in [9.17, 15) is 4.79 Å². The van der Waals surface area contributed by atoms with Crippen LogP contribution in [0.15, 0.2) is 24.5 Å². The molecule has 0 spiro atoms. The number of hydrogen-bond acceptors (Lipinski definition) is 5. The Balaban J connectivity index is 2.33. The second-order valence-corrected chi connectivity index (χ2v) is 13.0. The van der Waals surface area contributed by atoms with Crippen LogP contribution >= 0.6 is 11.8 Å². The molecule has 1 fully saturated rings. The number of aromatic nitrogens is 1. The van der Waals surface area contributed by atoms with Crippen molar-refractivity contribution in [1.29, 1.82) is 0 Å². The summed E-state index contributed by atoms with van der Waals surface area (Å²) in [5.41, 5.74) is 1.31. The average molecular weight is 424 g/mol. The topological polar surface area (TPSA) is 45.7 Å². The lowest BCUT2D eigenvalue weighted by molar-refractivity contribution is -0.136. The van der Waals surface area contributed by atoms with Crippen LogP contribution in [0, 0.1) is 5.41 Å². The minimum absolute atomic E-state index is 0.00904. The molecule has 0 aliphatic carbocycles. The molecule has 0 aromatic carbocycles. The molecule has 28 heavy (non-hydrogen) atoms. The summed E-state index contributed by atoms with van der Waals surface area (Å²) in [5.74, 6) is 0.189. The third-order valence-corrected chi connectivity index (χ3v) is 7.56. The number of pyridine rings is 1. The van der Waals surface area contributed by atoms with Crippen LogP contribution in [0.5, 0.6) is 0 Å². The van der Waals surface area contributed by atoms with Crippen molar-refractivity contribution in [3.8, 4) is 0 Å². The van der Waals surface area contributed by atoms with Crippen molar-refractivity contribution in [2.24, 2.45) is 5.41 Å². The summed E-state index contributed by atoms with van der Waals surface area (Å²) in [4.78, 5) is 22.0. The third-order valence-electron chi connectivity index (χ3n) is 5.11. The molecule has 5 nitrogen and oxygen atoms in total. The molecule has 0 N–H and O–H groups in total. The first-order valence-electron chi connectivity index (χ1n) is 10.2. The van der Waals surface area contributed by atoms with Gasteiger partial charge in [0.15, 0.2) is 9.04 Å². The molecular formula is C21H37N3O2SSi. The highest BCUT2D eigenvalue weighted by molar-refractivity contribution is 8.01. The van der Waals surface area contributed by atoms with Gasteiger partial charge in [-0.15, -0.1) is 11.8 Å². The summed E-state index contributed by atoms with van der Waals surface area (Å²) >= 11 is 1.73. The molecule has 1 aromatic heterocycles. The van der Waals surface area contributed by atoms with E-state index in [0.29, 0.717) is 0 Å². The SMILES string of the molecule is CC(N(C)C)N1C(=O)C(C(CCC(C)(C)C)O[SiH](C)C)SC1c1cccnc1. The molecule has 7 heteroatoms. The summed E-state index contributed by atoms with van der Waals surface area (Å²) in [6.07, 6.45) is 5.61. The lowest BCUT2D eigenvalue weighted by atomic mass is 9.88. The van der Waals surface area contributed by atoms with Gasteiger partial charge in [-0.1, -0.05) is 26.8 Å². The molecule has 1 aliphatic rings. The lowest BCUT2D eigenvalue weighted by Gasteiger charge is -2.34. The van der Waals surface area contributed by atoms with Crippen molar-refractivity contribution in [3.63, 3.8) is 0 Å². The van der Waals surface area contributed by atoms with Crippen LogP contribution in [0.1, 0.15) is 51.5 Å². The first-order valence-corrected chi connectivity index (χ1v) is 13.9. The van der Waals surface area contributed by atoms with Crippen molar-refractivity contribution in [1.82, 2.24) is 14.8 Å². The van der Waals surface area contributed by atoms with Crippen molar-refractivity contribution < 1.29 is 9.22 Å². The zero-order valence-electron chi connectivity index (χ0n) is 18.7. The highest BCUT2D eigenvalue weighted by atomic mass is 32.2. The predicted octanol–water partition coefficient (Wildman–Crippen LogP) is 4.13. The minimum Gasteiger partial charge on any atom is -0.416 e. The van der Waals surface area contributed by atoms with E-state index in [-0.39, 0.29) is 34.2 Å². The zero-order chi connectivity index (χ0) is 21.1. The normalized spacial score (nSPS) is 22.9. The second-order valence-electron chi connectivity index (χ2n) is 9.36. The van der Waals surface area contributed by atoms with Crippen LogP contribution in [-0.2, 0) is 9.22 Å². The van der Waals surface area contributed by atoms with Gasteiger partial charge in [0.05, 0.1) is 12.3 Å². The Morgan fingerprint density at radius 2 is 2.04 bits per heavy atom. The van der Waals surface area contributed by atoms with Crippen LogP contribution in [-0.4, -0.2) is 61.3 Å². The number of carbonyl (C=O) groups excluding carboxylic acids is 1. The maximum Gasteiger partial charge on any atom is 0.240 e. The molecule has 0 bridgehead atoms. The molecule has 2 rings (SSSR count). The molecule has 0 saturated carbocycles. The van der Waals surface area contributed by atoms with E-state index < -0.39 is 9.04 Å². The van der Waals surface area contributed by atoms with Gasteiger partial charge in [-0.2, -0.15) is 0 Å². The van der Waals surface area contributed by atoms with Gasteiger partial charge in [0.1, 0.15) is 10.6 Å². The first kappa shape index (κ1) is 23.4. The van der Waals surface area contributed by atoms with Gasteiger partial charge < -0.3 is 9.33 Å². The van der Waals surface area contributed by atoms with Gasteiger partial charge in [0, 0.05) is 18.0 Å². The van der Waals surface area contributed by atoms with E-state index in [1.165, 1.54) is 0 Å². The van der Waals surface area contributed by atoms with Crippen LogP contribution in [0.3, 0.4) is 0 Å². The van der Waals surface area contributed by atoms with Crippen LogP contribution in [0.2, 0.25) is 13.1 Å². The summed E-state index contributed by atoms with van der Waals surface area (Å²) < 4.78 is 6.41. The van der Waals surface area contributed by atoms with Crippen molar-refractivity contribution >= 4 is 26.7 Å². The molecule has 1 aliphatic heterocycles. The Bertz CT molecular complexity index is 636. The van der Waals surface area contributed by atoms with E-state index >= 15 is 0 Å². The Kier molecular flexibility index (Phi) is 8.13. The smallest absolute Gasteiger partial charge is 0.240 e.